The number of halogens is 1. The molecular formula is C22H27ClN2O2S. The Kier molecular flexibility index (Phi) is 9.38. The van der Waals surface area contributed by atoms with Crippen molar-refractivity contribution in [2.24, 2.45) is 0 Å². The third kappa shape index (κ3) is 6.57. The highest BCUT2D eigenvalue weighted by atomic mass is 35.5. The molecule has 0 spiro atoms. The fraction of sp³-hybridized carbons (Fsp3) is 0.364. The van der Waals surface area contributed by atoms with E-state index in [0.717, 1.165) is 11.1 Å². The number of nitrogens with zero attached hydrogens (tertiary/aromatic N) is 1. The van der Waals surface area contributed by atoms with E-state index in [0.29, 0.717) is 36.0 Å². The smallest absolute Gasteiger partial charge is 0.242 e. The van der Waals surface area contributed by atoms with Crippen LogP contribution in [0.1, 0.15) is 31.4 Å². The zero-order valence-electron chi connectivity index (χ0n) is 16.4. The summed E-state index contributed by atoms with van der Waals surface area (Å²) < 4.78 is 0. The highest BCUT2D eigenvalue weighted by Gasteiger charge is 2.28. The van der Waals surface area contributed by atoms with Crippen molar-refractivity contribution in [3.05, 3.63) is 70.7 Å². The number of thioether (sulfide) groups is 1. The first-order valence-electron chi connectivity index (χ1n) is 9.49. The van der Waals surface area contributed by atoms with Crippen LogP contribution in [-0.2, 0) is 21.9 Å². The molecule has 6 heteroatoms. The van der Waals surface area contributed by atoms with Gasteiger partial charge in [-0.25, -0.2) is 0 Å². The molecule has 0 saturated carbocycles. The summed E-state index contributed by atoms with van der Waals surface area (Å²) in [5.41, 5.74) is 2.02. The Morgan fingerprint density at radius 3 is 2.39 bits per heavy atom. The second kappa shape index (κ2) is 11.8. The number of nitrogens with one attached hydrogen (secondary N) is 1. The predicted octanol–water partition coefficient (Wildman–Crippen LogP) is 4.52. The fourth-order valence-corrected chi connectivity index (χ4v) is 4.13. The molecule has 0 aliphatic rings. The molecule has 0 bridgehead atoms. The minimum absolute atomic E-state index is 0.0426. The van der Waals surface area contributed by atoms with E-state index >= 15 is 0 Å². The molecule has 0 unspecified atom stereocenters. The van der Waals surface area contributed by atoms with Gasteiger partial charge in [0.1, 0.15) is 6.04 Å². The molecule has 0 heterocycles. The van der Waals surface area contributed by atoms with Crippen molar-refractivity contribution in [1.29, 1.82) is 0 Å². The second-order valence-corrected chi connectivity index (χ2v) is 7.80. The quantitative estimate of drug-likeness (QED) is 0.617. The highest BCUT2D eigenvalue weighted by Crippen LogP contribution is 2.22. The van der Waals surface area contributed by atoms with E-state index in [-0.39, 0.29) is 11.8 Å². The third-order valence-electron chi connectivity index (χ3n) is 4.37. The summed E-state index contributed by atoms with van der Waals surface area (Å²) in [4.78, 5) is 27.2. The van der Waals surface area contributed by atoms with Crippen molar-refractivity contribution in [1.82, 2.24) is 10.2 Å². The van der Waals surface area contributed by atoms with Gasteiger partial charge < -0.3 is 10.2 Å². The van der Waals surface area contributed by atoms with Crippen LogP contribution in [0.4, 0.5) is 0 Å². The molecule has 150 valence electrons. The van der Waals surface area contributed by atoms with Crippen LogP contribution in [0.15, 0.2) is 54.6 Å². The molecular weight excluding hydrogens is 392 g/mol. The Morgan fingerprint density at radius 1 is 1.07 bits per heavy atom. The van der Waals surface area contributed by atoms with Gasteiger partial charge in [0.15, 0.2) is 0 Å². The molecule has 2 rings (SSSR count). The van der Waals surface area contributed by atoms with E-state index in [4.69, 9.17) is 11.6 Å². The maximum Gasteiger partial charge on any atom is 0.242 e. The Balaban J connectivity index is 2.09. The number of carbonyl (C=O) groups excluding carboxylic acids is 2. The lowest BCUT2D eigenvalue weighted by molar-refractivity contribution is -0.139. The van der Waals surface area contributed by atoms with Gasteiger partial charge in [-0.15, -0.1) is 11.8 Å². The number of benzene rings is 2. The molecule has 0 aliphatic heterocycles. The second-order valence-electron chi connectivity index (χ2n) is 6.41. The van der Waals surface area contributed by atoms with Crippen molar-refractivity contribution in [3.63, 3.8) is 0 Å². The van der Waals surface area contributed by atoms with E-state index in [1.807, 2.05) is 68.4 Å². The van der Waals surface area contributed by atoms with Crippen LogP contribution < -0.4 is 5.32 Å². The number of hydrogen-bond acceptors (Lipinski definition) is 3. The first-order chi connectivity index (χ1) is 13.6. The van der Waals surface area contributed by atoms with Crippen LogP contribution >= 0.6 is 23.4 Å². The molecule has 4 nitrogen and oxygen atoms in total. The first-order valence-corrected chi connectivity index (χ1v) is 11.0. The summed E-state index contributed by atoms with van der Waals surface area (Å²) in [6, 6.07) is 16.9. The third-order valence-corrected chi connectivity index (χ3v) is 5.71. The number of hydrogen-bond donors (Lipinski definition) is 1. The molecule has 0 radical (unpaired) electrons. The summed E-state index contributed by atoms with van der Waals surface area (Å²) in [6.07, 6.45) is 0.569. The summed E-state index contributed by atoms with van der Waals surface area (Å²) in [7, 11) is 0. The molecule has 1 atom stereocenters. The van der Waals surface area contributed by atoms with Crippen LogP contribution in [0.25, 0.3) is 0 Å². The van der Waals surface area contributed by atoms with E-state index in [1.165, 1.54) is 11.8 Å². The van der Waals surface area contributed by atoms with Crippen molar-refractivity contribution in [2.75, 3.05) is 12.3 Å². The summed E-state index contributed by atoms with van der Waals surface area (Å²) in [5, 5.41) is 3.56. The van der Waals surface area contributed by atoms with Crippen LogP contribution in [-0.4, -0.2) is 35.1 Å². The lowest BCUT2D eigenvalue weighted by Crippen LogP contribution is -2.49. The van der Waals surface area contributed by atoms with Gasteiger partial charge in [0.05, 0.1) is 5.75 Å². The van der Waals surface area contributed by atoms with Gasteiger partial charge in [-0.2, -0.15) is 0 Å². The van der Waals surface area contributed by atoms with Crippen molar-refractivity contribution in [3.8, 4) is 0 Å². The first kappa shape index (κ1) is 22.3. The number of amides is 2. The van der Waals surface area contributed by atoms with E-state index < -0.39 is 6.04 Å². The molecule has 0 aromatic heterocycles. The summed E-state index contributed by atoms with van der Waals surface area (Å²) in [5.74, 6) is 0.806. The maximum absolute atomic E-state index is 13.0. The number of carbonyl (C=O) groups is 2. The van der Waals surface area contributed by atoms with Crippen LogP contribution in [0, 0.1) is 0 Å². The molecule has 28 heavy (non-hydrogen) atoms. The van der Waals surface area contributed by atoms with E-state index in [1.54, 1.807) is 4.90 Å². The van der Waals surface area contributed by atoms with Gasteiger partial charge in [-0.1, -0.05) is 67.1 Å². The van der Waals surface area contributed by atoms with Gasteiger partial charge in [0, 0.05) is 23.9 Å². The molecule has 1 N–H and O–H groups in total. The standard InChI is InChI=1S/C22H27ClN2O2S/c1-3-20(22(27)24-4-2)25(14-17-10-6-5-7-11-17)21(26)16-28-15-18-12-8-9-13-19(18)23/h5-13,20H,3-4,14-16H2,1-2H3,(H,24,27)/t20-/m1/s1. The fourth-order valence-electron chi connectivity index (χ4n) is 2.94. The highest BCUT2D eigenvalue weighted by molar-refractivity contribution is 7.99. The minimum Gasteiger partial charge on any atom is -0.355 e. The summed E-state index contributed by atoms with van der Waals surface area (Å²) in [6.45, 7) is 4.78. The van der Waals surface area contributed by atoms with Crippen molar-refractivity contribution in [2.45, 2.75) is 38.6 Å². The van der Waals surface area contributed by atoms with Gasteiger partial charge in [0.2, 0.25) is 11.8 Å². The Morgan fingerprint density at radius 2 is 1.75 bits per heavy atom. The molecule has 0 saturated heterocycles. The van der Waals surface area contributed by atoms with Gasteiger partial charge in [0.25, 0.3) is 0 Å². The average molecular weight is 419 g/mol. The normalized spacial score (nSPS) is 11.7. The molecule has 0 aliphatic carbocycles. The lowest BCUT2D eigenvalue weighted by atomic mass is 10.1. The van der Waals surface area contributed by atoms with Crippen molar-refractivity contribution < 1.29 is 9.59 Å². The SMILES string of the molecule is CCNC(=O)[C@@H](CC)N(Cc1ccccc1)C(=O)CSCc1ccccc1Cl. The van der Waals surface area contributed by atoms with Crippen LogP contribution in [0.2, 0.25) is 5.02 Å². The number of rotatable bonds is 10. The molecule has 2 aromatic rings. The Bertz CT molecular complexity index is 770. The zero-order chi connectivity index (χ0) is 20.4. The largest absolute Gasteiger partial charge is 0.355 e. The Labute approximate surface area is 176 Å². The van der Waals surface area contributed by atoms with Gasteiger partial charge >= 0.3 is 0 Å². The van der Waals surface area contributed by atoms with Crippen LogP contribution in [0.5, 0.6) is 0 Å². The van der Waals surface area contributed by atoms with E-state index in [9.17, 15) is 9.59 Å². The number of likely N-dealkylation sites (N-methyl/N-ethyl adjacent to an activating group) is 1. The van der Waals surface area contributed by atoms with Crippen molar-refractivity contribution >= 4 is 35.2 Å². The van der Waals surface area contributed by atoms with E-state index in [2.05, 4.69) is 5.32 Å². The minimum atomic E-state index is -0.478. The zero-order valence-corrected chi connectivity index (χ0v) is 17.9. The van der Waals surface area contributed by atoms with Crippen LogP contribution in [0.3, 0.4) is 0 Å². The molecule has 2 aromatic carbocycles. The Hall–Kier alpha value is -1.98. The predicted molar refractivity (Wildman–Crippen MR) is 117 cm³/mol. The topological polar surface area (TPSA) is 49.4 Å². The molecule has 0 fully saturated rings. The van der Waals surface area contributed by atoms with Gasteiger partial charge in [-0.3, -0.25) is 9.59 Å². The lowest BCUT2D eigenvalue weighted by Gasteiger charge is -2.30. The summed E-state index contributed by atoms with van der Waals surface area (Å²) >= 11 is 7.71. The van der Waals surface area contributed by atoms with Gasteiger partial charge in [-0.05, 0) is 30.5 Å². The maximum atomic E-state index is 13.0. The monoisotopic (exact) mass is 418 g/mol. The average Bonchev–Trinajstić information content (AvgIpc) is 2.70. The molecule has 2 amide bonds.